The summed E-state index contributed by atoms with van der Waals surface area (Å²) in [6.07, 6.45) is 4.04. The van der Waals surface area contributed by atoms with Gasteiger partial charge in [-0.15, -0.1) is 11.3 Å². The second kappa shape index (κ2) is 7.00. The molecule has 3 heterocycles. The van der Waals surface area contributed by atoms with Gasteiger partial charge in [0.2, 0.25) is 5.91 Å². The Kier molecular flexibility index (Phi) is 4.36. The van der Waals surface area contributed by atoms with E-state index in [4.69, 9.17) is 4.42 Å². The minimum Gasteiger partial charge on any atom is -0.423 e. The lowest BCUT2D eigenvalue weighted by Gasteiger charge is -2.33. The third-order valence-electron chi connectivity index (χ3n) is 5.57. The van der Waals surface area contributed by atoms with Crippen molar-refractivity contribution in [3.05, 3.63) is 46.7 Å². The summed E-state index contributed by atoms with van der Waals surface area (Å²) < 4.78 is 5.89. The van der Waals surface area contributed by atoms with Crippen molar-refractivity contribution in [3.63, 3.8) is 0 Å². The number of anilines is 1. The fourth-order valence-corrected chi connectivity index (χ4v) is 4.59. The number of nitrogens with zero attached hydrogens (tertiary/aromatic N) is 3. The molecule has 1 aliphatic carbocycles. The highest BCUT2D eigenvalue weighted by atomic mass is 32.1. The molecule has 0 atom stereocenters. The van der Waals surface area contributed by atoms with E-state index < -0.39 is 0 Å². The quantitative estimate of drug-likeness (QED) is 0.661. The molecule has 1 saturated heterocycles. The smallest absolute Gasteiger partial charge is 0.298 e. The van der Waals surface area contributed by atoms with Gasteiger partial charge in [0.15, 0.2) is 5.58 Å². The van der Waals surface area contributed by atoms with Gasteiger partial charge in [0, 0.05) is 29.9 Å². The van der Waals surface area contributed by atoms with Gasteiger partial charge >= 0.3 is 0 Å². The molecule has 140 valence electrons. The second-order valence-electron chi connectivity index (χ2n) is 7.50. The molecule has 1 aromatic carbocycles. The molecule has 3 aromatic rings. The van der Waals surface area contributed by atoms with E-state index in [1.165, 1.54) is 4.88 Å². The standard InChI is InChI=1S/C21H23N3O2S/c25-20(24(16-7-8-16)14-17-4-3-13-27-17)15-9-11-23(12-10-15)21-22-18-5-1-2-6-19(18)26-21/h1-6,13,15-16H,7-12,14H2. The van der Waals surface area contributed by atoms with E-state index in [0.29, 0.717) is 18.0 Å². The summed E-state index contributed by atoms with van der Waals surface area (Å²) in [5, 5.41) is 2.09. The van der Waals surface area contributed by atoms with Crippen molar-refractivity contribution >= 4 is 34.4 Å². The Labute approximate surface area is 162 Å². The summed E-state index contributed by atoms with van der Waals surface area (Å²) in [5.74, 6) is 0.453. The van der Waals surface area contributed by atoms with Crippen molar-refractivity contribution in [2.45, 2.75) is 38.3 Å². The van der Waals surface area contributed by atoms with E-state index in [1.54, 1.807) is 11.3 Å². The number of rotatable bonds is 5. The van der Waals surface area contributed by atoms with Crippen LogP contribution in [0.3, 0.4) is 0 Å². The molecule has 1 saturated carbocycles. The van der Waals surface area contributed by atoms with Crippen LogP contribution in [0.4, 0.5) is 6.01 Å². The Balaban J connectivity index is 1.24. The van der Waals surface area contributed by atoms with Crippen LogP contribution in [0.25, 0.3) is 11.1 Å². The fourth-order valence-electron chi connectivity index (χ4n) is 3.89. The van der Waals surface area contributed by atoms with E-state index >= 15 is 0 Å². The molecular weight excluding hydrogens is 358 g/mol. The van der Waals surface area contributed by atoms with Crippen LogP contribution in [-0.2, 0) is 11.3 Å². The van der Waals surface area contributed by atoms with Crippen LogP contribution < -0.4 is 4.90 Å². The normalized spacial score (nSPS) is 18.1. The second-order valence-corrected chi connectivity index (χ2v) is 8.53. The van der Waals surface area contributed by atoms with Gasteiger partial charge in [0.25, 0.3) is 6.01 Å². The van der Waals surface area contributed by atoms with Gasteiger partial charge < -0.3 is 14.2 Å². The van der Waals surface area contributed by atoms with Crippen molar-refractivity contribution < 1.29 is 9.21 Å². The molecule has 0 unspecified atom stereocenters. The molecule has 0 spiro atoms. The zero-order valence-corrected chi connectivity index (χ0v) is 16.0. The van der Waals surface area contributed by atoms with E-state index in [2.05, 4.69) is 32.3 Å². The molecule has 0 radical (unpaired) electrons. The van der Waals surface area contributed by atoms with E-state index in [-0.39, 0.29) is 5.92 Å². The highest BCUT2D eigenvalue weighted by Gasteiger charge is 2.37. The van der Waals surface area contributed by atoms with Crippen LogP contribution >= 0.6 is 11.3 Å². The van der Waals surface area contributed by atoms with Crippen molar-refractivity contribution in [3.8, 4) is 0 Å². The number of oxazole rings is 1. The van der Waals surface area contributed by atoms with Crippen LogP contribution in [0.2, 0.25) is 0 Å². The van der Waals surface area contributed by atoms with Gasteiger partial charge in [-0.1, -0.05) is 18.2 Å². The number of carbonyl (C=O) groups is 1. The van der Waals surface area contributed by atoms with Gasteiger partial charge in [-0.2, -0.15) is 4.98 Å². The first-order chi connectivity index (χ1) is 13.3. The summed E-state index contributed by atoms with van der Waals surface area (Å²) in [6, 6.07) is 13.2. The predicted octanol–water partition coefficient (Wildman–Crippen LogP) is 4.30. The molecule has 5 nitrogen and oxygen atoms in total. The number of piperidine rings is 1. The average Bonchev–Trinajstić information content (AvgIpc) is 3.24. The zero-order chi connectivity index (χ0) is 18.2. The van der Waals surface area contributed by atoms with Gasteiger partial charge in [-0.3, -0.25) is 4.79 Å². The third-order valence-corrected chi connectivity index (χ3v) is 6.44. The lowest BCUT2D eigenvalue weighted by atomic mass is 9.95. The number of thiophene rings is 1. The van der Waals surface area contributed by atoms with Gasteiger partial charge in [0.05, 0.1) is 6.54 Å². The molecule has 5 rings (SSSR count). The van der Waals surface area contributed by atoms with Crippen LogP contribution in [-0.4, -0.2) is 34.9 Å². The molecule has 2 fully saturated rings. The maximum atomic E-state index is 13.2. The molecule has 2 aromatic heterocycles. The number of amides is 1. The van der Waals surface area contributed by atoms with Crippen molar-refractivity contribution in [1.82, 2.24) is 9.88 Å². The Morgan fingerprint density at radius 3 is 2.67 bits per heavy atom. The number of para-hydroxylation sites is 2. The van der Waals surface area contributed by atoms with Gasteiger partial charge in [0.1, 0.15) is 5.52 Å². The Bertz CT molecular complexity index is 891. The van der Waals surface area contributed by atoms with E-state index in [0.717, 1.165) is 56.4 Å². The minimum atomic E-state index is 0.117. The fraction of sp³-hybridized carbons (Fsp3) is 0.429. The number of hydrogen-bond acceptors (Lipinski definition) is 5. The van der Waals surface area contributed by atoms with Crippen molar-refractivity contribution in [1.29, 1.82) is 0 Å². The lowest BCUT2D eigenvalue weighted by Crippen LogP contribution is -2.43. The third kappa shape index (κ3) is 3.46. The van der Waals surface area contributed by atoms with Gasteiger partial charge in [-0.25, -0.2) is 0 Å². The van der Waals surface area contributed by atoms with Gasteiger partial charge in [-0.05, 0) is 49.3 Å². The van der Waals surface area contributed by atoms with Crippen LogP contribution in [0.15, 0.2) is 46.2 Å². The first kappa shape index (κ1) is 16.8. The molecule has 2 aliphatic rings. The number of carbonyl (C=O) groups excluding carboxylic acids is 1. The highest BCUT2D eigenvalue weighted by Crippen LogP contribution is 2.33. The SMILES string of the molecule is O=C(C1CCN(c2nc3ccccc3o2)CC1)N(Cc1cccs1)C1CC1. The van der Waals surface area contributed by atoms with Crippen molar-refractivity contribution in [2.24, 2.45) is 5.92 Å². The predicted molar refractivity (Wildman–Crippen MR) is 107 cm³/mol. The maximum Gasteiger partial charge on any atom is 0.298 e. The summed E-state index contributed by atoms with van der Waals surface area (Å²) in [5.41, 5.74) is 1.71. The van der Waals surface area contributed by atoms with Crippen molar-refractivity contribution in [2.75, 3.05) is 18.0 Å². The molecule has 0 bridgehead atoms. The number of benzene rings is 1. The Morgan fingerprint density at radius 1 is 1.15 bits per heavy atom. The molecule has 0 N–H and O–H groups in total. The van der Waals surface area contributed by atoms with Crippen LogP contribution in [0.5, 0.6) is 0 Å². The topological polar surface area (TPSA) is 49.6 Å². The highest BCUT2D eigenvalue weighted by molar-refractivity contribution is 7.09. The summed E-state index contributed by atoms with van der Waals surface area (Å²) >= 11 is 1.74. The molecule has 1 amide bonds. The zero-order valence-electron chi connectivity index (χ0n) is 15.2. The van der Waals surface area contributed by atoms with Crippen LogP contribution in [0.1, 0.15) is 30.6 Å². The summed E-state index contributed by atoms with van der Waals surface area (Å²) in [4.78, 5) is 23.3. The van der Waals surface area contributed by atoms with Crippen LogP contribution in [0, 0.1) is 5.92 Å². The minimum absolute atomic E-state index is 0.117. The lowest BCUT2D eigenvalue weighted by molar-refractivity contribution is -0.137. The number of aromatic nitrogens is 1. The monoisotopic (exact) mass is 381 g/mol. The largest absolute Gasteiger partial charge is 0.423 e. The molecule has 1 aliphatic heterocycles. The first-order valence-electron chi connectivity index (χ1n) is 9.71. The van der Waals surface area contributed by atoms with E-state index in [9.17, 15) is 4.79 Å². The Morgan fingerprint density at radius 2 is 1.96 bits per heavy atom. The molecule has 6 heteroatoms. The molecular formula is C21H23N3O2S. The first-order valence-corrected chi connectivity index (χ1v) is 10.6. The van der Waals surface area contributed by atoms with E-state index in [1.807, 2.05) is 24.3 Å². The molecule has 27 heavy (non-hydrogen) atoms. The Hall–Kier alpha value is -2.34. The summed E-state index contributed by atoms with van der Waals surface area (Å²) in [6.45, 7) is 2.41. The summed E-state index contributed by atoms with van der Waals surface area (Å²) in [7, 11) is 0. The average molecular weight is 382 g/mol. The maximum absolute atomic E-state index is 13.2. The number of fused-ring (bicyclic) bond motifs is 1. The number of hydrogen-bond donors (Lipinski definition) is 0.